The van der Waals surface area contributed by atoms with Crippen LogP contribution in [0.5, 0.6) is 0 Å². The lowest BCUT2D eigenvalue weighted by molar-refractivity contribution is 0.270. The van der Waals surface area contributed by atoms with E-state index in [0.29, 0.717) is 0 Å². The maximum absolute atomic E-state index is 8.36. The van der Waals surface area contributed by atoms with E-state index in [1.165, 1.54) is 0 Å². The molecule has 0 bridgehead atoms. The molecule has 0 aliphatic heterocycles. The summed E-state index contributed by atoms with van der Waals surface area (Å²) >= 11 is 18.7. The SMILES string of the molecule is OC(S)C(Cl)(Cl)Cl. The van der Waals surface area contributed by atoms with E-state index in [2.05, 4.69) is 12.6 Å². The van der Waals surface area contributed by atoms with E-state index in [4.69, 9.17) is 39.9 Å². The Morgan fingerprint density at radius 1 is 1.43 bits per heavy atom. The third-order valence-corrected chi connectivity index (χ3v) is 1.76. The maximum Gasteiger partial charge on any atom is 0.224 e. The molecule has 0 heterocycles. The van der Waals surface area contributed by atoms with Gasteiger partial charge >= 0.3 is 0 Å². The lowest BCUT2D eigenvalue weighted by atomic mass is 10.8. The van der Waals surface area contributed by atoms with E-state index in [1.54, 1.807) is 0 Å². The van der Waals surface area contributed by atoms with Crippen LogP contribution in [-0.2, 0) is 0 Å². The highest BCUT2D eigenvalue weighted by Gasteiger charge is 2.26. The standard InChI is InChI=1S/C2H3Cl3OS/c3-2(4,5)1(6)7/h1,6-7H. The van der Waals surface area contributed by atoms with Crippen molar-refractivity contribution in [3.63, 3.8) is 0 Å². The first-order valence-corrected chi connectivity index (χ1v) is 3.02. The van der Waals surface area contributed by atoms with Crippen LogP contribution < -0.4 is 0 Å². The van der Waals surface area contributed by atoms with Gasteiger partial charge in [0, 0.05) is 0 Å². The molecule has 0 spiro atoms. The molecule has 0 amide bonds. The van der Waals surface area contributed by atoms with Crippen LogP contribution in [0.4, 0.5) is 0 Å². The van der Waals surface area contributed by atoms with Crippen molar-refractivity contribution >= 4 is 47.4 Å². The van der Waals surface area contributed by atoms with Crippen molar-refractivity contribution in [1.82, 2.24) is 0 Å². The zero-order chi connectivity index (χ0) is 6.08. The third kappa shape index (κ3) is 3.74. The molecule has 0 aromatic heterocycles. The van der Waals surface area contributed by atoms with Crippen LogP contribution in [0.2, 0.25) is 0 Å². The van der Waals surface area contributed by atoms with E-state index in [-0.39, 0.29) is 0 Å². The zero-order valence-corrected chi connectivity index (χ0v) is 6.27. The maximum atomic E-state index is 8.36. The topological polar surface area (TPSA) is 20.2 Å². The Morgan fingerprint density at radius 3 is 1.57 bits per heavy atom. The molecule has 1 unspecified atom stereocenters. The predicted octanol–water partition coefficient (Wildman–Crippen LogP) is 1.60. The van der Waals surface area contributed by atoms with E-state index in [1.807, 2.05) is 0 Å². The quantitative estimate of drug-likeness (QED) is 0.330. The molecule has 0 saturated carbocycles. The number of hydrogen-bond donors (Lipinski definition) is 2. The smallest absolute Gasteiger partial charge is 0.224 e. The van der Waals surface area contributed by atoms with Crippen LogP contribution in [-0.4, -0.2) is 14.3 Å². The number of rotatable bonds is 0. The number of halogens is 3. The number of thiol groups is 1. The molecule has 5 heteroatoms. The second kappa shape index (κ2) is 2.65. The van der Waals surface area contributed by atoms with Crippen molar-refractivity contribution < 1.29 is 5.11 Å². The fourth-order valence-electron chi connectivity index (χ4n) is 0. The van der Waals surface area contributed by atoms with Gasteiger partial charge in [0.15, 0.2) is 0 Å². The number of aliphatic hydroxyl groups is 1. The monoisotopic (exact) mass is 180 g/mol. The molecule has 0 aromatic rings. The van der Waals surface area contributed by atoms with Gasteiger partial charge in [0.25, 0.3) is 0 Å². The summed E-state index contributed by atoms with van der Waals surface area (Å²) in [6.07, 6.45) is 0. The molecular weight excluding hydrogens is 178 g/mol. The Labute approximate surface area is 62.0 Å². The summed E-state index contributed by atoms with van der Waals surface area (Å²) in [5.41, 5.74) is -1.21. The van der Waals surface area contributed by atoms with Crippen LogP contribution in [0.15, 0.2) is 0 Å². The summed E-state index contributed by atoms with van der Waals surface area (Å²) in [7, 11) is 0. The Bertz CT molecular complexity index is 58.4. The molecule has 1 N–H and O–H groups in total. The normalized spacial score (nSPS) is 16.7. The minimum absolute atomic E-state index is 1.21. The van der Waals surface area contributed by atoms with Gasteiger partial charge in [-0.25, -0.2) is 0 Å². The van der Waals surface area contributed by atoms with Crippen LogP contribution in [0, 0.1) is 0 Å². The zero-order valence-electron chi connectivity index (χ0n) is 3.11. The van der Waals surface area contributed by atoms with Gasteiger partial charge in [-0.15, -0.1) is 12.6 Å². The second-order valence-electron chi connectivity index (χ2n) is 0.915. The summed E-state index contributed by atoms with van der Waals surface area (Å²) in [5, 5.41) is 8.36. The van der Waals surface area contributed by atoms with Crippen molar-refractivity contribution in [2.75, 3.05) is 0 Å². The molecular formula is C2H3Cl3OS. The van der Waals surface area contributed by atoms with Crippen LogP contribution in [0.1, 0.15) is 0 Å². The van der Waals surface area contributed by atoms with Gasteiger partial charge in [-0.3, -0.25) is 0 Å². The van der Waals surface area contributed by atoms with Crippen LogP contribution in [0.25, 0.3) is 0 Å². The van der Waals surface area contributed by atoms with Gasteiger partial charge in [0.2, 0.25) is 3.79 Å². The first-order valence-electron chi connectivity index (χ1n) is 1.37. The molecule has 0 radical (unpaired) electrons. The lowest BCUT2D eigenvalue weighted by Gasteiger charge is -2.11. The predicted molar refractivity (Wildman–Crippen MR) is 35.3 cm³/mol. The first kappa shape index (κ1) is 8.18. The Hall–Kier alpha value is 1.18. The van der Waals surface area contributed by atoms with Gasteiger partial charge in [0.1, 0.15) is 5.44 Å². The van der Waals surface area contributed by atoms with Crippen LogP contribution in [0.3, 0.4) is 0 Å². The molecule has 1 atom stereocenters. The highest BCUT2D eigenvalue weighted by molar-refractivity contribution is 7.81. The highest BCUT2D eigenvalue weighted by Crippen LogP contribution is 2.31. The minimum atomic E-state index is -1.66. The van der Waals surface area contributed by atoms with Gasteiger partial charge in [-0.1, -0.05) is 34.8 Å². The summed E-state index contributed by atoms with van der Waals surface area (Å²) in [6, 6.07) is 0. The number of aliphatic hydroxyl groups excluding tert-OH is 1. The van der Waals surface area contributed by atoms with Crippen molar-refractivity contribution in [1.29, 1.82) is 0 Å². The van der Waals surface area contributed by atoms with Crippen molar-refractivity contribution in [2.45, 2.75) is 9.23 Å². The molecule has 0 aromatic carbocycles. The lowest BCUT2D eigenvalue weighted by Crippen LogP contribution is -2.17. The Morgan fingerprint density at radius 2 is 1.57 bits per heavy atom. The van der Waals surface area contributed by atoms with E-state index in [0.717, 1.165) is 0 Å². The van der Waals surface area contributed by atoms with Gasteiger partial charge < -0.3 is 5.11 Å². The van der Waals surface area contributed by atoms with Gasteiger partial charge in [0.05, 0.1) is 0 Å². The average Bonchev–Trinajstić information content (AvgIpc) is 1.31. The van der Waals surface area contributed by atoms with E-state index in [9.17, 15) is 0 Å². The summed E-state index contributed by atoms with van der Waals surface area (Å²) in [6.45, 7) is 0. The fraction of sp³-hybridized carbons (Fsp3) is 1.00. The minimum Gasteiger partial charge on any atom is -0.378 e. The van der Waals surface area contributed by atoms with Crippen molar-refractivity contribution in [3.05, 3.63) is 0 Å². The largest absolute Gasteiger partial charge is 0.378 e. The van der Waals surface area contributed by atoms with E-state index < -0.39 is 9.23 Å². The molecule has 44 valence electrons. The molecule has 0 fully saturated rings. The Balaban J connectivity index is 3.54. The van der Waals surface area contributed by atoms with E-state index >= 15 is 0 Å². The van der Waals surface area contributed by atoms with Crippen molar-refractivity contribution in [2.24, 2.45) is 0 Å². The van der Waals surface area contributed by atoms with Gasteiger partial charge in [-0.2, -0.15) is 0 Å². The number of hydrogen-bond acceptors (Lipinski definition) is 2. The molecule has 0 rings (SSSR count). The van der Waals surface area contributed by atoms with Crippen LogP contribution >= 0.6 is 47.4 Å². The Kier molecular flexibility index (Phi) is 3.09. The molecule has 1 nitrogen and oxygen atoms in total. The summed E-state index contributed by atoms with van der Waals surface area (Å²) < 4.78 is -1.66. The second-order valence-corrected chi connectivity index (χ2v) is 3.77. The van der Waals surface area contributed by atoms with Gasteiger partial charge in [-0.05, 0) is 0 Å². The summed E-state index contributed by atoms with van der Waals surface area (Å²) in [4.78, 5) is 0. The molecule has 0 aliphatic rings. The third-order valence-electron chi connectivity index (χ3n) is 0.293. The molecule has 0 aliphatic carbocycles. The molecule has 7 heavy (non-hydrogen) atoms. The first-order chi connectivity index (χ1) is 2.94. The van der Waals surface area contributed by atoms with Crippen molar-refractivity contribution in [3.8, 4) is 0 Å². The summed E-state index contributed by atoms with van der Waals surface area (Å²) in [5.74, 6) is 0. The highest BCUT2D eigenvalue weighted by atomic mass is 35.6. The average molecular weight is 181 g/mol. The fourth-order valence-corrected chi connectivity index (χ4v) is 0. The molecule has 0 saturated heterocycles. The number of alkyl halides is 3.